The molecule has 0 aliphatic heterocycles. The first-order valence-corrected chi connectivity index (χ1v) is 9.89. The molecule has 0 aliphatic rings. The third-order valence-electron chi connectivity index (χ3n) is 4.27. The van der Waals surface area contributed by atoms with Crippen molar-refractivity contribution in [2.45, 2.75) is 40.7 Å². The van der Waals surface area contributed by atoms with Gasteiger partial charge in [0.15, 0.2) is 6.61 Å². The highest BCUT2D eigenvalue weighted by atomic mass is 16.5. The van der Waals surface area contributed by atoms with Crippen molar-refractivity contribution in [1.82, 2.24) is 10.3 Å². The van der Waals surface area contributed by atoms with Crippen LogP contribution in [-0.2, 0) is 14.3 Å². The first kappa shape index (κ1) is 23.7. The summed E-state index contributed by atoms with van der Waals surface area (Å²) >= 11 is 0. The number of H-pyrrole nitrogens is 1. The molecule has 3 N–H and O–H groups in total. The van der Waals surface area contributed by atoms with Crippen molar-refractivity contribution in [3.8, 4) is 0 Å². The number of carbonyl (C=O) groups excluding carboxylic acids is 4. The lowest BCUT2D eigenvalue weighted by Gasteiger charge is -2.09. The number of aryl methyl sites for hydroxylation is 1. The average Bonchev–Trinajstić information content (AvgIpc) is 3.00. The fraction of sp³-hybridized carbons (Fsp3) is 0.364. The van der Waals surface area contributed by atoms with Crippen LogP contribution in [-0.4, -0.2) is 48.0 Å². The second kappa shape index (κ2) is 10.4. The van der Waals surface area contributed by atoms with Crippen LogP contribution in [0.25, 0.3) is 0 Å². The third kappa shape index (κ3) is 6.18. The molecule has 0 unspecified atom stereocenters. The molecule has 31 heavy (non-hydrogen) atoms. The Morgan fingerprint density at radius 2 is 1.81 bits per heavy atom. The lowest BCUT2D eigenvalue weighted by atomic mass is 10.1. The van der Waals surface area contributed by atoms with Gasteiger partial charge in [-0.3, -0.25) is 9.59 Å². The minimum atomic E-state index is -0.768. The Morgan fingerprint density at radius 1 is 1.10 bits per heavy atom. The fourth-order valence-electron chi connectivity index (χ4n) is 2.93. The van der Waals surface area contributed by atoms with Crippen molar-refractivity contribution in [1.29, 1.82) is 0 Å². The summed E-state index contributed by atoms with van der Waals surface area (Å²) in [4.78, 5) is 51.5. The van der Waals surface area contributed by atoms with Crippen LogP contribution in [0.4, 0.5) is 5.69 Å². The number of carbonyl (C=O) groups is 4. The first-order chi connectivity index (χ1) is 14.6. The van der Waals surface area contributed by atoms with Gasteiger partial charge in [0, 0.05) is 23.5 Å². The van der Waals surface area contributed by atoms with Crippen LogP contribution in [0, 0.1) is 13.8 Å². The molecule has 0 bridgehead atoms. The van der Waals surface area contributed by atoms with Gasteiger partial charge in [-0.2, -0.15) is 0 Å². The van der Waals surface area contributed by atoms with Crippen LogP contribution < -0.4 is 10.6 Å². The number of hydrogen-bond donors (Lipinski definition) is 3. The van der Waals surface area contributed by atoms with E-state index in [4.69, 9.17) is 9.47 Å². The Morgan fingerprint density at radius 3 is 2.45 bits per heavy atom. The highest BCUT2D eigenvalue weighted by molar-refractivity contribution is 6.00. The number of rotatable bonds is 8. The van der Waals surface area contributed by atoms with Crippen molar-refractivity contribution < 1.29 is 28.7 Å². The van der Waals surface area contributed by atoms with Crippen LogP contribution in [0.2, 0.25) is 0 Å². The molecule has 166 valence electrons. The molecule has 2 rings (SSSR count). The Labute approximate surface area is 180 Å². The number of nitrogens with one attached hydrogen (secondary N) is 3. The smallest absolute Gasteiger partial charge is 0.355 e. The molecule has 0 saturated heterocycles. The number of aromatic amines is 1. The van der Waals surface area contributed by atoms with Gasteiger partial charge in [0.25, 0.3) is 11.8 Å². The number of aromatic nitrogens is 1. The zero-order chi connectivity index (χ0) is 23.1. The van der Waals surface area contributed by atoms with Crippen molar-refractivity contribution in [2.75, 3.05) is 18.5 Å². The van der Waals surface area contributed by atoms with Crippen molar-refractivity contribution in [3.63, 3.8) is 0 Å². The molecular formula is C22H27N3O6. The van der Waals surface area contributed by atoms with Gasteiger partial charge in [0.05, 0.1) is 11.7 Å². The van der Waals surface area contributed by atoms with Gasteiger partial charge in [0.2, 0.25) is 0 Å². The van der Waals surface area contributed by atoms with Crippen LogP contribution in [0.1, 0.15) is 63.2 Å². The molecule has 0 aliphatic carbocycles. The summed E-state index contributed by atoms with van der Waals surface area (Å²) in [5, 5.41) is 5.25. The van der Waals surface area contributed by atoms with E-state index < -0.39 is 24.5 Å². The molecule has 9 heteroatoms. The number of esters is 2. The highest BCUT2D eigenvalue weighted by Crippen LogP contribution is 2.20. The number of amides is 2. The summed E-state index contributed by atoms with van der Waals surface area (Å²) in [7, 11) is 0. The van der Waals surface area contributed by atoms with Gasteiger partial charge in [-0.05, 0) is 58.4 Å². The largest absolute Gasteiger partial charge is 0.459 e. The lowest BCUT2D eigenvalue weighted by Crippen LogP contribution is -2.23. The number of benzene rings is 1. The monoisotopic (exact) mass is 429 g/mol. The molecule has 2 amide bonds. The van der Waals surface area contributed by atoms with E-state index >= 15 is 0 Å². The van der Waals surface area contributed by atoms with E-state index in [0.29, 0.717) is 29.1 Å². The first-order valence-electron chi connectivity index (χ1n) is 9.89. The Balaban J connectivity index is 2.00. The van der Waals surface area contributed by atoms with E-state index in [0.717, 1.165) is 0 Å². The van der Waals surface area contributed by atoms with E-state index in [1.54, 1.807) is 45.9 Å². The van der Waals surface area contributed by atoms with Crippen LogP contribution >= 0.6 is 0 Å². The van der Waals surface area contributed by atoms with Gasteiger partial charge in [-0.1, -0.05) is 6.07 Å². The fourth-order valence-corrected chi connectivity index (χ4v) is 2.93. The number of ether oxygens (including phenoxy) is 2. The molecule has 0 saturated carbocycles. The molecular weight excluding hydrogens is 402 g/mol. The van der Waals surface area contributed by atoms with Crippen molar-refractivity contribution in [3.05, 3.63) is 52.3 Å². The zero-order valence-corrected chi connectivity index (χ0v) is 18.3. The molecule has 1 aromatic carbocycles. The van der Waals surface area contributed by atoms with Gasteiger partial charge in [-0.25, -0.2) is 9.59 Å². The molecule has 0 atom stereocenters. The highest BCUT2D eigenvalue weighted by Gasteiger charge is 2.25. The Hall–Kier alpha value is -3.62. The van der Waals surface area contributed by atoms with E-state index in [1.807, 2.05) is 6.92 Å². The van der Waals surface area contributed by atoms with Gasteiger partial charge >= 0.3 is 11.9 Å². The Bertz CT molecular complexity index is 993. The van der Waals surface area contributed by atoms with Gasteiger partial charge in [-0.15, -0.1) is 0 Å². The standard InChI is InChI=1S/C22H27N3O6/c1-6-23-20(27)15-8-7-9-16(10-15)25-17(26)11-30-22(29)19-13(4)18(14(5)24-19)21(28)31-12(2)3/h7-10,12,24H,6,11H2,1-5H3,(H,23,27)(H,25,26). The topological polar surface area (TPSA) is 127 Å². The summed E-state index contributed by atoms with van der Waals surface area (Å²) in [6.07, 6.45) is -0.299. The molecule has 2 aromatic rings. The van der Waals surface area contributed by atoms with E-state index in [9.17, 15) is 19.2 Å². The lowest BCUT2D eigenvalue weighted by molar-refractivity contribution is -0.119. The SMILES string of the molecule is CCNC(=O)c1cccc(NC(=O)COC(=O)c2[nH]c(C)c(C(=O)OC(C)C)c2C)c1. The maximum Gasteiger partial charge on any atom is 0.355 e. The summed E-state index contributed by atoms with van der Waals surface area (Å²) in [6, 6.07) is 6.40. The van der Waals surface area contributed by atoms with Crippen molar-refractivity contribution >= 4 is 29.4 Å². The van der Waals surface area contributed by atoms with E-state index in [-0.39, 0.29) is 23.3 Å². The molecule has 1 aromatic heterocycles. The maximum atomic E-state index is 12.4. The summed E-state index contributed by atoms with van der Waals surface area (Å²) in [6.45, 7) is 8.47. The average molecular weight is 429 g/mol. The predicted octanol–water partition coefficient (Wildman–Crippen LogP) is 2.74. The molecule has 0 spiro atoms. The maximum absolute atomic E-state index is 12.4. The zero-order valence-electron chi connectivity index (χ0n) is 18.3. The van der Waals surface area contributed by atoms with Crippen LogP contribution in [0.5, 0.6) is 0 Å². The summed E-state index contributed by atoms with van der Waals surface area (Å²) in [5.41, 5.74) is 2.02. The quantitative estimate of drug-likeness (QED) is 0.554. The normalized spacial score (nSPS) is 10.5. The second-order valence-corrected chi connectivity index (χ2v) is 7.14. The van der Waals surface area contributed by atoms with Gasteiger partial charge < -0.3 is 25.1 Å². The third-order valence-corrected chi connectivity index (χ3v) is 4.27. The minimum Gasteiger partial charge on any atom is -0.459 e. The molecule has 0 fully saturated rings. The second-order valence-electron chi connectivity index (χ2n) is 7.14. The van der Waals surface area contributed by atoms with Crippen LogP contribution in [0.3, 0.4) is 0 Å². The molecule has 1 heterocycles. The molecule has 9 nitrogen and oxygen atoms in total. The summed E-state index contributed by atoms with van der Waals surface area (Å²) in [5.74, 6) is -2.13. The van der Waals surface area contributed by atoms with Gasteiger partial charge in [0.1, 0.15) is 5.69 Å². The van der Waals surface area contributed by atoms with E-state index in [2.05, 4.69) is 15.6 Å². The molecule has 0 radical (unpaired) electrons. The van der Waals surface area contributed by atoms with E-state index in [1.165, 1.54) is 6.07 Å². The summed E-state index contributed by atoms with van der Waals surface area (Å²) < 4.78 is 10.3. The minimum absolute atomic E-state index is 0.0826. The predicted molar refractivity (Wildman–Crippen MR) is 114 cm³/mol. The number of hydrogen-bond acceptors (Lipinski definition) is 6. The van der Waals surface area contributed by atoms with Crippen molar-refractivity contribution in [2.24, 2.45) is 0 Å². The number of anilines is 1. The van der Waals surface area contributed by atoms with Crippen LogP contribution in [0.15, 0.2) is 24.3 Å². The Kier molecular flexibility index (Phi) is 7.95.